The fraction of sp³-hybridized carbons (Fsp3) is 0.261. The molecule has 0 radical (unpaired) electrons. The molecular formula is C23H23N3O2. The third-order valence-corrected chi connectivity index (χ3v) is 5.05. The number of benzene rings is 2. The predicted molar refractivity (Wildman–Crippen MR) is 109 cm³/mol. The van der Waals surface area contributed by atoms with Crippen LogP contribution in [-0.2, 0) is 4.79 Å². The van der Waals surface area contributed by atoms with E-state index in [-0.39, 0.29) is 11.8 Å². The smallest absolute Gasteiger partial charge is 0.246 e. The Balaban J connectivity index is 1.43. The minimum atomic E-state index is 0.0202. The van der Waals surface area contributed by atoms with E-state index in [0.717, 1.165) is 30.5 Å². The van der Waals surface area contributed by atoms with Gasteiger partial charge in [0.2, 0.25) is 17.6 Å². The molecule has 1 atom stereocenters. The van der Waals surface area contributed by atoms with Crippen molar-refractivity contribution in [1.82, 2.24) is 15.0 Å². The van der Waals surface area contributed by atoms with Gasteiger partial charge >= 0.3 is 0 Å². The first-order valence-electron chi connectivity index (χ1n) is 9.62. The predicted octanol–water partition coefficient (Wildman–Crippen LogP) is 4.46. The van der Waals surface area contributed by atoms with Gasteiger partial charge in [0.15, 0.2) is 0 Å². The number of piperidine rings is 1. The van der Waals surface area contributed by atoms with E-state index in [9.17, 15) is 4.79 Å². The highest BCUT2D eigenvalue weighted by molar-refractivity contribution is 5.91. The Morgan fingerprint density at radius 3 is 2.71 bits per heavy atom. The topological polar surface area (TPSA) is 59.2 Å². The van der Waals surface area contributed by atoms with Crippen LogP contribution in [0.5, 0.6) is 0 Å². The number of hydrogen-bond donors (Lipinski definition) is 0. The Morgan fingerprint density at radius 1 is 1.14 bits per heavy atom. The van der Waals surface area contributed by atoms with Crippen molar-refractivity contribution in [1.29, 1.82) is 0 Å². The second-order valence-electron chi connectivity index (χ2n) is 7.19. The van der Waals surface area contributed by atoms with Gasteiger partial charge in [-0.15, -0.1) is 0 Å². The van der Waals surface area contributed by atoms with E-state index in [1.54, 1.807) is 6.08 Å². The van der Waals surface area contributed by atoms with Gasteiger partial charge < -0.3 is 9.42 Å². The molecule has 4 rings (SSSR count). The third-order valence-electron chi connectivity index (χ3n) is 5.05. The maximum atomic E-state index is 12.6. The summed E-state index contributed by atoms with van der Waals surface area (Å²) in [6.45, 7) is 3.41. The number of aryl methyl sites for hydroxylation is 1. The van der Waals surface area contributed by atoms with Crippen LogP contribution in [0.4, 0.5) is 0 Å². The van der Waals surface area contributed by atoms with Gasteiger partial charge in [0.25, 0.3) is 0 Å². The molecule has 142 valence electrons. The van der Waals surface area contributed by atoms with Crippen LogP contribution >= 0.6 is 0 Å². The summed E-state index contributed by atoms with van der Waals surface area (Å²) in [6, 6.07) is 17.9. The lowest BCUT2D eigenvalue weighted by atomic mass is 9.98. The van der Waals surface area contributed by atoms with Gasteiger partial charge in [-0.3, -0.25) is 4.79 Å². The lowest BCUT2D eigenvalue weighted by molar-refractivity contribution is -0.127. The number of likely N-dealkylation sites (tertiary alicyclic amines) is 1. The second kappa shape index (κ2) is 8.21. The van der Waals surface area contributed by atoms with E-state index in [1.807, 2.05) is 72.5 Å². The lowest BCUT2D eigenvalue weighted by Crippen LogP contribution is -2.38. The molecule has 28 heavy (non-hydrogen) atoms. The molecule has 2 heterocycles. The van der Waals surface area contributed by atoms with Crippen LogP contribution in [0.25, 0.3) is 17.5 Å². The Morgan fingerprint density at radius 2 is 1.93 bits per heavy atom. The van der Waals surface area contributed by atoms with Crippen molar-refractivity contribution in [2.45, 2.75) is 25.7 Å². The zero-order chi connectivity index (χ0) is 19.3. The fourth-order valence-electron chi connectivity index (χ4n) is 3.44. The van der Waals surface area contributed by atoms with Crippen LogP contribution in [0.15, 0.2) is 65.2 Å². The van der Waals surface area contributed by atoms with E-state index in [4.69, 9.17) is 4.52 Å². The van der Waals surface area contributed by atoms with E-state index in [1.165, 1.54) is 5.56 Å². The summed E-state index contributed by atoms with van der Waals surface area (Å²) < 4.78 is 5.53. The van der Waals surface area contributed by atoms with E-state index < -0.39 is 0 Å². The first-order valence-corrected chi connectivity index (χ1v) is 9.62. The van der Waals surface area contributed by atoms with E-state index >= 15 is 0 Å². The van der Waals surface area contributed by atoms with E-state index in [2.05, 4.69) is 10.1 Å². The maximum absolute atomic E-state index is 12.6. The second-order valence-corrected chi connectivity index (χ2v) is 7.19. The molecule has 5 heteroatoms. The number of hydrogen-bond acceptors (Lipinski definition) is 4. The van der Waals surface area contributed by atoms with Gasteiger partial charge in [0.1, 0.15) is 0 Å². The number of carbonyl (C=O) groups excluding carboxylic acids is 1. The minimum absolute atomic E-state index is 0.0202. The fourth-order valence-corrected chi connectivity index (χ4v) is 3.44. The van der Waals surface area contributed by atoms with Crippen LogP contribution in [0.1, 0.15) is 35.8 Å². The molecule has 1 fully saturated rings. The molecule has 2 aromatic carbocycles. The summed E-state index contributed by atoms with van der Waals surface area (Å²) in [7, 11) is 0. The standard InChI is InChI=1S/C23H23N3O2/c1-17-9-12-19(13-10-17)22-24-23(28-25-22)20-8-5-15-26(16-20)21(27)14-11-18-6-3-2-4-7-18/h2-4,6-7,9-14,20H,5,8,15-16H2,1H3/b14-11+. The largest absolute Gasteiger partial charge is 0.339 e. The quantitative estimate of drug-likeness (QED) is 0.633. The SMILES string of the molecule is Cc1ccc(-c2noc(C3CCCN(C(=O)/C=C/c4ccccc4)C3)n2)cc1. The average molecular weight is 373 g/mol. The molecule has 0 N–H and O–H groups in total. The van der Waals surface area contributed by atoms with Crippen molar-refractivity contribution in [2.75, 3.05) is 13.1 Å². The average Bonchev–Trinajstić information content (AvgIpc) is 3.24. The van der Waals surface area contributed by atoms with Crippen molar-refractivity contribution in [3.05, 3.63) is 77.7 Å². The maximum Gasteiger partial charge on any atom is 0.246 e. The van der Waals surface area contributed by atoms with Crippen LogP contribution in [0, 0.1) is 6.92 Å². The van der Waals surface area contributed by atoms with Gasteiger partial charge in [-0.1, -0.05) is 65.3 Å². The number of aromatic nitrogens is 2. The number of amides is 1. The van der Waals surface area contributed by atoms with Crippen LogP contribution < -0.4 is 0 Å². The van der Waals surface area contributed by atoms with Crippen molar-refractivity contribution in [3.63, 3.8) is 0 Å². The Labute approximate surface area is 164 Å². The Hall–Kier alpha value is -3.21. The molecular weight excluding hydrogens is 350 g/mol. The summed E-state index contributed by atoms with van der Waals surface area (Å²) >= 11 is 0. The third kappa shape index (κ3) is 4.19. The van der Waals surface area contributed by atoms with Crippen molar-refractivity contribution < 1.29 is 9.32 Å². The molecule has 1 saturated heterocycles. The molecule has 1 unspecified atom stereocenters. The molecule has 1 aromatic heterocycles. The zero-order valence-corrected chi connectivity index (χ0v) is 15.9. The number of rotatable bonds is 4. The first-order chi connectivity index (χ1) is 13.7. The number of nitrogens with zero attached hydrogens (tertiary/aromatic N) is 3. The van der Waals surface area contributed by atoms with Crippen molar-refractivity contribution >= 4 is 12.0 Å². The molecule has 5 nitrogen and oxygen atoms in total. The van der Waals surface area contributed by atoms with Crippen LogP contribution in [-0.4, -0.2) is 34.0 Å². The first kappa shape index (κ1) is 18.2. The zero-order valence-electron chi connectivity index (χ0n) is 15.9. The van der Waals surface area contributed by atoms with E-state index in [0.29, 0.717) is 18.3 Å². The molecule has 1 amide bonds. The van der Waals surface area contributed by atoms with Crippen LogP contribution in [0.2, 0.25) is 0 Å². The summed E-state index contributed by atoms with van der Waals surface area (Å²) in [4.78, 5) is 19.0. The molecule has 0 aliphatic carbocycles. The van der Waals surface area contributed by atoms with Gasteiger partial charge in [0, 0.05) is 24.7 Å². The molecule has 0 spiro atoms. The molecule has 0 bridgehead atoms. The molecule has 0 saturated carbocycles. The van der Waals surface area contributed by atoms with Gasteiger partial charge in [0.05, 0.1) is 5.92 Å². The highest BCUT2D eigenvalue weighted by Gasteiger charge is 2.28. The Kier molecular flexibility index (Phi) is 5.33. The van der Waals surface area contributed by atoms with Gasteiger partial charge in [-0.25, -0.2) is 0 Å². The summed E-state index contributed by atoms with van der Waals surface area (Å²) in [5.41, 5.74) is 3.15. The number of carbonyl (C=O) groups is 1. The molecule has 1 aliphatic rings. The van der Waals surface area contributed by atoms with Crippen molar-refractivity contribution in [2.24, 2.45) is 0 Å². The van der Waals surface area contributed by atoms with Gasteiger partial charge in [-0.05, 0) is 31.4 Å². The summed E-state index contributed by atoms with van der Waals surface area (Å²) in [5, 5.41) is 4.13. The Bertz CT molecular complexity index is 961. The summed E-state index contributed by atoms with van der Waals surface area (Å²) in [5.74, 6) is 1.31. The normalized spacial score (nSPS) is 17.2. The molecule has 1 aliphatic heterocycles. The summed E-state index contributed by atoms with van der Waals surface area (Å²) in [6.07, 6.45) is 5.37. The lowest BCUT2D eigenvalue weighted by Gasteiger charge is -2.30. The highest BCUT2D eigenvalue weighted by Crippen LogP contribution is 2.28. The van der Waals surface area contributed by atoms with Crippen LogP contribution in [0.3, 0.4) is 0 Å². The van der Waals surface area contributed by atoms with Crippen molar-refractivity contribution in [3.8, 4) is 11.4 Å². The highest BCUT2D eigenvalue weighted by atomic mass is 16.5. The minimum Gasteiger partial charge on any atom is -0.339 e. The monoisotopic (exact) mass is 373 g/mol. The molecule has 3 aromatic rings. The van der Waals surface area contributed by atoms with Gasteiger partial charge in [-0.2, -0.15) is 4.98 Å².